The number of hydrogen-bond acceptors (Lipinski definition) is 2. The van der Waals surface area contributed by atoms with E-state index in [-0.39, 0.29) is 18.0 Å². The van der Waals surface area contributed by atoms with Gasteiger partial charge in [0.1, 0.15) is 5.82 Å². The fourth-order valence-electron chi connectivity index (χ4n) is 3.00. The number of fused-ring (bicyclic) bond motifs is 1. The molecule has 1 aliphatic heterocycles. The van der Waals surface area contributed by atoms with Crippen molar-refractivity contribution in [2.45, 2.75) is 31.9 Å². The zero-order valence-corrected chi connectivity index (χ0v) is 12.2. The van der Waals surface area contributed by atoms with Crippen LogP contribution < -0.4 is 5.73 Å². The predicted octanol–water partition coefficient (Wildman–Crippen LogP) is 3.32. The first-order chi connectivity index (χ1) is 10.1. The summed E-state index contributed by atoms with van der Waals surface area (Å²) in [6.45, 7) is 2.68. The Morgan fingerprint density at radius 2 is 2.10 bits per heavy atom. The molecular weight excluding hydrogens is 265 g/mol. The van der Waals surface area contributed by atoms with Crippen LogP contribution in [0.2, 0.25) is 0 Å². The maximum absolute atomic E-state index is 13.4. The summed E-state index contributed by atoms with van der Waals surface area (Å²) in [4.78, 5) is 0. The van der Waals surface area contributed by atoms with E-state index >= 15 is 0 Å². The Bertz CT molecular complexity index is 641. The maximum Gasteiger partial charge on any atom is 0.123 e. The van der Waals surface area contributed by atoms with Gasteiger partial charge in [0.25, 0.3) is 0 Å². The fraction of sp³-hybridized carbons (Fsp3) is 0.333. The van der Waals surface area contributed by atoms with Crippen LogP contribution in [0.15, 0.2) is 42.5 Å². The highest BCUT2D eigenvalue weighted by Crippen LogP contribution is 2.30. The van der Waals surface area contributed by atoms with Crippen molar-refractivity contribution in [2.75, 3.05) is 6.61 Å². The first kappa shape index (κ1) is 14.2. The van der Waals surface area contributed by atoms with E-state index in [0.29, 0.717) is 13.0 Å². The fourth-order valence-corrected chi connectivity index (χ4v) is 3.00. The second kappa shape index (κ2) is 5.96. The largest absolute Gasteiger partial charge is 0.372 e. The molecule has 0 fully saturated rings. The number of halogens is 1. The van der Waals surface area contributed by atoms with Crippen LogP contribution in [-0.2, 0) is 17.6 Å². The van der Waals surface area contributed by atoms with Crippen LogP contribution in [0.3, 0.4) is 0 Å². The lowest BCUT2D eigenvalue weighted by Gasteiger charge is -2.30. The highest BCUT2D eigenvalue weighted by molar-refractivity contribution is 5.33. The lowest BCUT2D eigenvalue weighted by Crippen LogP contribution is -2.35. The average Bonchev–Trinajstić information content (AvgIpc) is 2.50. The van der Waals surface area contributed by atoms with E-state index in [1.54, 1.807) is 12.1 Å². The highest BCUT2D eigenvalue weighted by Gasteiger charge is 2.26. The summed E-state index contributed by atoms with van der Waals surface area (Å²) < 4.78 is 19.3. The van der Waals surface area contributed by atoms with Gasteiger partial charge in [-0.25, -0.2) is 4.39 Å². The van der Waals surface area contributed by atoms with Gasteiger partial charge in [0.05, 0.1) is 12.7 Å². The van der Waals surface area contributed by atoms with Gasteiger partial charge < -0.3 is 10.5 Å². The standard InChI is InChI=1S/C18H20FNO/c1-12-6-7-15(19)10-14(12)11-17(20)18-16-5-3-2-4-13(16)8-9-21-18/h2-7,10,17-18H,8-9,11,20H2,1H3. The van der Waals surface area contributed by atoms with Gasteiger partial charge in [0.15, 0.2) is 0 Å². The predicted molar refractivity (Wildman–Crippen MR) is 81.7 cm³/mol. The molecule has 2 aromatic carbocycles. The molecule has 3 rings (SSSR count). The molecule has 0 aromatic heterocycles. The van der Waals surface area contributed by atoms with Crippen molar-refractivity contribution >= 4 is 0 Å². The molecule has 2 atom stereocenters. The number of hydrogen-bond donors (Lipinski definition) is 1. The van der Waals surface area contributed by atoms with Crippen molar-refractivity contribution in [1.29, 1.82) is 0 Å². The molecule has 1 aliphatic rings. The van der Waals surface area contributed by atoms with Crippen LogP contribution in [0.1, 0.15) is 28.4 Å². The summed E-state index contributed by atoms with van der Waals surface area (Å²) in [7, 11) is 0. The number of aryl methyl sites for hydroxylation is 1. The molecule has 0 saturated carbocycles. The van der Waals surface area contributed by atoms with E-state index in [1.165, 1.54) is 17.2 Å². The Labute approximate surface area is 124 Å². The van der Waals surface area contributed by atoms with E-state index in [9.17, 15) is 4.39 Å². The topological polar surface area (TPSA) is 35.2 Å². The zero-order valence-electron chi connectivity index (χ0n) is 12.2. The molecule has 0 radical (unpaired) electrons. The minimum atomic E-state index is -0.215. The lowest BCUT2D eigenvalue weighted by atomic mass is 9.90. The van der Waals surface area contributed by atoms with Crippen molar-refractivity contribution in [2.24, 2.45) is 5.73 Å². The van der Waals surface area contributed by atoms with Crippen LogP contribution >= 0.6 is 0 Å². The highest BCUT2D eigenvalue weighted by atomic mass is 19.1. The summed E-state index contributed by atoms with van der Waals surface area (Å²) in [6, 6.07) is 13.0. The molecular formula is C18H20FNO. The third-order valence-electron chi connectivity index (χ3n) is 4.19. The molecule has 2 N–H and O–H groups in total. The van der Waals surface area contributed by atoms with Crippen LogP contribution in [0, 0.1) is 12.7 Å². The van der Waals surface area contributed by atoms with Crippen molar-refractivity contribution < 1.29 is 9.13 Å². The number of rotatable bonds is 3. The molecule has 3 heteroatoms. The van der Waals surface area contributed by atoms with E-state index in [2.05, 4.69) is 12.1 Å². The molecule has 0 saturated heterocycles. The summed E-state index contributed by atoms with van der Waals surface area (Å²) in [5.41, 5.74) is 10.9. The Morgan fingerprint density at radius 1 is 1.29 bits per heavy atom. The normalized spacial score (nSPS) is 19.1. The number of benzene rings is 2. The van der Waals surface area contributed by atoms with Gasteiger partial charge in [-0.1, -0.05) is 30.3 Å². The van der Waals surface area contributed by atoms with Gasteiger partial charge in [-0.15, -0.1) is 0 Å². The van der Waals surface area contributed by atoms with Crippen LogP contribution in [0.25, 0.3) is 0 Å². The molecule has 110 valence electrons. The number of ether oxygens (including phenoxy) is 1. The summed E-state index contributed by atoms with van der Waals surface area (Å²) >= 11 is 0. The van der Waals surface area contributed by atoms with Gasteiger partial charge in [-0.05, 0) is 54.2 Å². The summed E-state index contributed by atoms with van der Waals surface area (Å²) in [6.07, 6.45) is 1.43. The monoisotopic (exact) mass is 285 g/mol. The van der Waals surface area contributed by atoms with Crippen molar-refractivity contribution in [3.8, 4) is 0 Å². The number of nitrogens with two attached hydrogens (primary N) is 1. The van der Waals surface area contributed by atoms with Gasteiger partial charge in [-0.2, -0.15) is 0 Å². The zero-order chi connectivity index (χ0) is 14.8. The first-order valence-corrected chi connectivity index (χ1v) is 7.35. The Morgan fingerprint density at radius 3 is 2.95 bits per heavy atom. The van der Waals surface area contributed by atoms with Gasteiger partial charge in [0, 0.05) is 6.04 Å². The van der Waals surface area contributed by atoms with Crippen molar-refractivity contribution in [3.63, 3.8) is 0 Å². The molecule has 1 heterocycles. The van der Waals surface area contributed by atoms with Crippen LogP contribution in [0.5, 0.6) is 0 Å². The van der Waals surface area contributed by atoms with Crippen molar-refractivity contribution in [1.82, 2.24) is 0 Å². The molecule has 0 bridgehead atoms. The first-order valence-electron chi connectivity index (χ1n) is 7.35. The third kappa shape index (κ3) is 2.99. The molecule has 2 unspecified atom stereocenters. The van der Waals surface area contributed by atoms with Gasteiger partial charge >= 0.3 is 0 Å². The van der Waals surface area contributed by atoms with E-state index in [0.717, 1.165) is 17.5 Å². The van der Waals surface area contributed by atoms with Crippen LogP contribution in [0.4, 0.5) is 4.39 Å². The Kier molecular flexibility index (Phi) is 4.04. The summed E-state index contributed by atoms with van der Waals surface area (Å²) in [5.74, 6) is -0.215. The third-order valence-corrected chi connectivity index (χ3v) is 4.19. The quantitative estimate of drug-likeness (QED) is 0.939. The molecule has 2 nitrogen and oxygen atoms in total. The molecule has 0 spiro atoms. The SMILES string of the molecule is Cc1ccc(F)cc1CC(N)C1OCCc2ccccc21. The minimum absolute atomic E-state index is 0.113. The maximum atomic E-state index is 13.4. The molecule has 2 aromatic rings. The van der Waals surface area contributed by atoms with E-state index in [4.69, 9.17) is 10.5 Å². The van der Waals surface area contributed by atoms with E-state index in [1.807, 2.05) is 19.1 Å². The molecule has 0 aliphatic carbocycles. The summed E-state index contributed by atoms with van der Waals surface area (Å²) in [5, 5.41) is 0. The Hall–Kier alpha value is -1.71. The minimum Gasteiger partial charge on any atom is -0.372 e. The second-order valence-corrected chi connectivity index (χ2v) is 5.68. The van der Waals surface area contributed by atoms with Crippen molar-refractivity contribution in [3.05, 3.63) is 70.5 Å². The van der Waals surface area contributed by atoms with Crippen LogP contribution in [-0.4, -0.2) is 12.6 Å². The smallest absolute Gasteiger partial charge is 0.123 e. The second-order valence-electron chi connectivity index (χ2n) is 5.68. The molecule has 21 heavy (non-hydrogen) atoms. The molecule has 0 amide bonds. The van der Waals surface area contributed by atoms with E-state index < -0.39 is 0 Å². The average molecular weight is 285 g/mol. The Balaban J connectivity index is 1.83. The van der Waals surface area contributed by atoms with Gasteiger partial charge in [-0.3, -0.25) is 0 Å². The lowest BCUT2D eigenvalue weighted by molar-refractivity contribution is 0.0246. The van der Waals surface area contributed by atoms with Gasteiger partial charge in [0.2, 0.25) is 0 Å².